The first-order valence-corrected chi connectivity index (χ1v) is 6.58. The van der Waals surface area contributed by atoms with Crippen molar-refractivity contribution >= 4 is 12.0 Å². The number of hydrogen-bond donors (Lipinski definition) is 2. The van der Waals surface area contributed by atoms with Gasteiger partial charge in [0.15, 0.2) is 0 Å². The molecule has 0 aliphatic heterocycles. The van der Waals surface area contributed by atoms with Crippen LogP contribution in [-0.4, -0.2) is 63.3 Å². The van der Waals surface area contributed by atoms with Crippen LogP contribution in [0.25, 0.3) is 0 Å². The van der Waals surface area contributed by atoms with E-state index >= 15 is 0 Å². The second kappa shape index (κ2) is 8.20. The number of rotatable bonds is 8. The predicted octanol–water partition coefficient (Wildman–Crippen LogP) is -0.0709. The summed E-state index contributed by atoms with van der Waals surface area (Å²) in [5.74, 6) is -0.999. The Kier molecular flexibility index (Phi) is 6.60. The Morgan fingerprint density at radius 2 is 2.24 bits per heavy atom. The Morgan fingerprint density at radius 1 is 1.52 bits per heavy atom. The minimum absolute atomic E-state index is 0.0443. The lowest BCUT2D eigenvalue weighted by Crippen LogP contribution is -2.45. The standard InChI is InChI=1S/C12H21N5O4/c1-9(2)17(4-5-21-3)12(20)13-6-10-7-16(15-14-10)8-11(18)19/h7,9H,4-6,8H2,1-3H3,(H,13,20)(H,18,19). The second-order valence-electron chi connectivity index (χ2n) is 4.74. The van der Waals surface area contributed by atoms with E-state index in [1.54, 1.807) is 12.0 Å². The van der Waals surface area contributed by atoms with Crippen LogP contribution in [0, 0.1) is 0 Å². The van der Waals surface area contributed by atoms with Crippen LogP contribution in [-0.2, 0) is 22.6 Å². The molecule has 0 bridgehead atoms. The van der Waals surface area contributed by atoms with E-state index in [-0.39, 0.29) is 25.2 Å². The first-order valence-electron chi connectivity index (χ1n) is 6.58. The van der Waals surface area contributed by atoms with Gasteiger partial charge in [0.05, 0.1) is 19.3 Å². The third-order valence-corrected chi connectivity index (χ3v) is 2.72. The highest BCUT2D eigenvalue weighted by Crippen LogP contribution is 2.00. The Hall–Kier alpha value is -2.16. The summed E-state index contributed by atoms with van der Waals surface area (Å²) in [6.45, 7) is 4.71. The van der Waals surface area contributed by atoms with Crippen molar-refractivity contribution in [2.24, 2.45) is 0 Å². The van der Waals surface area contributed by atoms with Gasteiger partial charge in [0.25, 0.3) is 0 Å². The van der Waals surface area contributed by atoms with Crippen molar-refractivity contribution in [1.29, 1.82) is 0 Å². The quantitative estimate of drug-likeness (QED) is 0.695. The van der Waals surface area contributed by atoms with Crippen LogP contribution in [0.3, 0.4) is 0 Å². The molecule has 1 aromatic heterocycles. The van der Waals surface area contributed by atoms with E-state index in [9.17, 15) is 9.59 Å². The zero-order chi connectivity index (χ0) is 15.8. The molecule has 0 unspecified atom stereocenters. The van der Waals surface area contributed by atoms with Crippen LogP contribution in [0.5, 0.6) is 0 Å². The van der Waals surface area contributed by atoms with Gasteiger partial charge in [0, 0.05) is 19.7 Å². The van der Waals surface area contributed by atoms with E-state index in [4.69, 9.17) is 9.84 Å². The number of carbonyl (C=O) groups is 2. The Morgan fingerprint density at radius 3 is 2.81 bits per heavy atom. The zero-order valence-electron chi connectivity index (χ0n) is 12.4. The molecule has 118 valence electrons. The van der Waals surface area contributed by atoms with Crippen LogP contribution < -0.4 is 5.32 Å². The van der Waals surface area contributed by atoms with Gasteiger partial charge in [-0.3, -0.25) is 4.79 Å². The second-order valence-corrected chi connectivity index (χ2v) is 4.74. The third-order valence-electron chi connectivity index (χ3n) is 2.72. The molecule has 1 heterocycles. The molecule has 0 spiro atoms. The van der Waals surface area contributed by atoms with Crippen molar-refractivity contribution in [1.82, 2.24) is 25.2 Å². The number of ether oxygens (including phenoxy) is 1. The Labute approximate surface area is 122 Å². The molecule has 0 aliphatic rings. The van der Waals surface area contributed by atoms with E-state index in [0.717, 1.165) is 0 Å². The maximum absolute atomic E-state index is 12.1. The molecule has 1 rings (SSSR count). The number of nitrogens with one attached hydrogen (secondary N) is 1. The molecule has 0 saturated heterocycles. The zero-order valence-corrected chi connectivity index (χ0v) is 12.4. The van der Waals surface area contributed by atoms with Gasteiger partial charge in [0.1, 0.15) is 12.2 Å². The minimum atomic E-state index is -0.999. The summed E-state index contributed by atoms with van der Waals surface area (Å²) in [6, 6.07) is -0.183. The summed E-state index contributed by atoms with van der Waals surface area (Å²) in [4.78, 5) is 24.2. The number of urea groups is 1. The molecule has 2 amide bonds. The number of nitrogens with zero attached hydrogens (tertiary/aromatic N) is 4. The third kappa shape index (κ3) is 5.78. The first kappa shape index (κ1) is 16.9. The lowest BCUT2D eigenvalue weighted by Gasteiger charge is -2.26. The Balaban J connectivity index is 2.50. The van der Waals surface area contributed by atoms with Gasteiger partial charge >= 0.3 is 12.0 Å². The molecule has 0 radical (unpaired) electrons. The van der Waals surface area contributed by atoms with Crippen molar-refractivity contribution in [3.8, 4) is 0 Å². The molecule has 9 nitrogen and oxygen atoms in total. The summed E-state index contributed by atoms with van der Waals surface area (Å²) in [6.07, 6.45) is 1.49. The van der Waals surface area contributed by atoms with E-state index < -0.39 is 5.97 Å². The largest absolute Gasteiger partial charge is 0.480 e. The van der Waals surface area contributed by atoms with Crippen molar-refractivity contribution in [3.63, 3.8) is 0 Å². The van der Waals surface area contributed by atoms with Crippen LogP contribution in [0.4, 0.5) is 4.79 Å². The molecular weight excluding hydrogens is 278 g/mol. The molecule has 21 heavy (non-hydrogen) atoms. The molecule has 0 aromatic carbocycles. The normalized spacial score (nSPS) is 10.7. The van der Waals surface area contributed by atoms with Gasteiger partial charge < -0.3 is 20.1 Å². The molecule has 0 aliphatic carbocycles. The minimum Gasteiger partial charge on any atom is -0.480 e. The van der Waals surface area contributed by atoms with E-state index in [1.165, 1.54) is 10.9 Å². The number of hydrogen-bond acceptors (Lipinski definition) is 5. The maximum atomic E-state index is 12.1. The number of carboxylic acids is 1. The SMILES string of the molecule is COCCN(C(=O)NCc1cn(CC(=O)O)nn1)C(C)C. The van der Waals surface area contributed by atoms with Crippen molar-refractivity contribution in [2.75, 3.05) is 20.3 Å². The first-order chi connectivity index (χ1) is 9.93. The van der Waals surface area contributed by atoms with Crippen LogP contribution in [0.15, 0.2) is 6.20 Å². The molecule has 9 heteroatoms. The predicted molar refractivity (Wildman–Crippen MR) is 73.6 cm³/mol. The molecule has 0 atom stereocenters. The van der Waals surface area contributed by atoms with E-state index in [0.29, 0.717) is 18.8 Å². The summed E-state index contributed by atoms with van der Waals surface area (Å²) < 4.78 is 6.18. The number of carbonyl (C=O) groups excluding carboxylic acids is 1. The van der Waals surface area contributed by atoms with Gasteiger partial charge in [-0.2, -0.15) is 0 Å². The van der Waals surface area contributed by atoms with Gasteiger partial charge in [0.2, 0.25) is 0 Å². The molecule has 2 N–H and O–H groups in total. The number of methoxy groups -OCH3 is 1. The van der Waals surface area contributed by atoms with E-state index in [1.807, 2.05) is 13.8 Å². The van der Waals surface area contributed by atoms with Crippen molar-refractivity contribution < 1.29 is 19.4 Å². The summed E-state index contributed by atoms with van der Waals surface area (Å²) in [5.41, 5.74) is 0.500. The van der Waals surface area contributed by atoms with E-state index in [2.05, 4.69) is 15.6 Å². The lowest BCUT2D eigenvalue weighted by atomic mass is 10.3. The fraction of sp³-hybridized carbons (Fsp3) is 0.667. The van der Waals surface area contributed by atoms with Crippen LogP contribution in [0.2, 0.25) is 0 Å². The highest BCUT2D eigenvalue weighted by Gasteiger charge is 2.16. The van der Waals surface area contributed by atoms with Gasteiger partial charge in [-0.25, -0.2) is 9.48 Å². The van der Waals surface area contributed by atoms with Crippen LogP contribution in [0.1, 0.15) is 19.5 Å². The average molecular weight is 299 g/mol. The summed E-state index contributed by atoms with van der Waals surface area (Å²) >= 11 is 0. The van der Waals surface area contributed by atoms with Gasteiger partial charge in [-0.1, -0.05) is 5.21 Å². The Bertz CT molecular complexity index is 474. The average Bonchev–Trinajstić information content (AvgIpc) is 2.83. The maximum Gasteiger partial charge on any atom is 0.325 e. The van der Waals surface area contributed by atoms with Crippen molar-refractivity contribution in [2.45, 2.75) is 33.0 Å². The van der Waals surface area contributed by atoms with Gasteiger partial charge in [-0.15, -0.1) is 5.10 Å². The molecule has 0 fully saturated rings. The van der Waals surface area contributed by atoms with Crippen molar-refractivity contribution in [3.05, 3.63) is 11.9 Å². The highest BCUT2D eigenvalue weighted by atomic mass is 16.5. The topological polar surface area (TPSA) is 110 Å². The number of amides is 2. The molecular formula is C12H21N5O4. The monoisotopic (exact) mass is 299 g/mol. The number of aromatic nitrogens is 3. The summed E-state index contributed by atoms with van der Waals surface area (Å²) in [5, 5.41) is 18.8. The van der Waals surface area contributed by atoms with Gasteiger partial charge in [-0.05, 0) is 13.8 Å². The number of carboxylic acid groups (broad SMARTS) is 1. The molecule has 1 aromatic rings. The molecule has 0 saturated carbocycles. The highest BCUT2D eigenvalue weighted by molar-refractivity contribution is 5.74. The summed E-state index contributed by atoms with van der Waals surface area (Å²) in [7, 11) is 1.58. The number of aliphatic carboxylic acids is 1. The fourth-order valence-corrected chi connectivity index (χ4v) is 1.69. The smallest absolute Gasteiger partial charge is 0.325 e. The lowest BCUT2D eigenvalue weighted by molar-refractivity contribution is -0.137. The fourth-order valence-electron chi connectivity index (χ4n) is 1.69. The van der Waals surface area contributed by atoms with Crippen LogP contribution >= 0.6 is 0 Å².